The van der Waals surface area contributed by atoms with Crippen LogP contribution >= 0.6 is 35.0 Å². The largest absolute Gasteiger partial charge is 0.333 e. The van der Waals surface area contributed by atoms with Crippen molar-refractivity contribution >= 4 is 45.8 Å². The van der Waals surface area contributed by atoms with E-state index in [4.69, 9.17) is 23.2 Å². The Kier molecular flexibility index (Phi) is 4.76. The quantitative estimate of drug-likeness (QED) is 0.866. The van der Waals surface area contributed by atoms with Crippen molar-refractivity contribution in [1.29, 1.82) is 0 Å². The van der Waals surface area contributed by atoms with E-state index in [0.29, 0.717) is 10.9 Å². The first-order chi connectivity index (χ1) is 8.60. The van der Waals surface area contributed by atoms with Crippen LogP contribution in [0.1, 0.15) is 19.8 Å². The molecular weight excluding hydrogens is 294 g/mol. The van der Waals surface area contributed by atoms with E-state index in [9.17, 15) is 4.39 Å². The van der Waals surface area contributed by atoms with Crippen molar-refractivity contribution in [3.63, 3.8) is 0 Å². The normalized spacial score (nSPS) is 18.9. The molecule has 0 saturated carbocycles. The number of nitrogens with zero attached hydrogens (tertiary/aromatic N) is 1. The number of aliphatic imine (C=N–C) groups is 1. The second-order valence-electron chi connectivity index (χ2n) is 4.04. The van der Waals surface area contributed by atoms with Crippen LogP contribution in [0.2, 0.25) is 10.0 Å². The summed E-state index contributed by atoms with van der Waals surface area (Å²) in [5.74, 6) is -0.444. The number of hydrogen-bond acceptors (Lipinski definition) is 3. The average molecular weight is 307 g/mol. The maximum atomic E-state index is 13.1. The molecule has 18 heavy (non-hydrogen) atoms. The van der Waals surface area contributed by atoms with Gasteiger partial charge >= 0.3 is 0 Å². The van der Waals surface area contributed by atoms with Crippen molar-refractivity contribution < 1.29 is 4.39 Å². The van der Waals surface area contributed by atoms with Gasteiger partial charge in [0.15, 0.2) is 5.17 Å². The molecule has 1 aromatic carbocycles. The summed E-state index contributed by atoms with van der Waals surface area (Å²) in [4.78, 5) is 4.39. The lowest BCUT2D eigenvalue weighted by Crippen LogP contribution is -2.08. The van der Waals surface area contributed by atoms with Gasteiger partial charge in [-0.05, 0) is 18.6 Å². The van der Waals surface area contributed by atoms with Crippen LogP contribution in [-0.4, -0.2) is 17.0 Å². The van der Waals surface area contributed by atoms with Gasteiger partial charge in [0.25, 0.3) is 0 Å². The van der Waals surface area contributed by atoms with Crippen LogP contribution in [0.5, 0.6) is 0 Å². The Morgan fingerprint density at radius 1 is 1.44 bits per heavy atom. The monoisotopic (exact) mass is 306 g/mol. The molecule has 0 bridgehead atoms. The summed E-state index contributed by atoms with van der Waals surface area (Å²) in [6.45, 7) is 2.96. The molecular formula is C12H13Cl2FN2S. The minimum Gasteiger partial charge on any atom is -0.333 e. The van der Waals surface area contributed by atoms with E-state index in [0.717, 1.165) is 24.6 Å². The van der Waals surface area contributed by atoms with Crippen LogP contribution in [0.4, 0.5) is 10.1 Å². The first-order valence-corrected chi connectivity index (χ1v) is 7.36. The maximum Gasteiger partial charge on any atom is 0.161 e. The fourth-order valence-corrected chi connectivity index (χ4v) is 3.41. The Balaban J connectivity index is 2.07. The number of halogens is 3. The molecule has 1 heterocycles. The zero-order valence-electron chi connectivity index (χ0n) is 9.84. The minimum atomic E-state index is -0.444. The predicted molar refractivity (Wildman–Crippen MR) is 78.6 cm³/mol. The number of hydrogen-bond donors (Lipinski definition) is 1. The Morgan fingerprint density at radius 3 is 2.72 bits per heavy atom. The van der Waals surface area contributed by atoms with Gasteiger partial charge in [-0.15, -0.1) is 0 Å². The summed E-state index contributed by atoms with van der Waals surface area (Å²) in [7, 11) is 0. The van der Waals surface area contributed by atoms with Gasteiger partial charge in [0.2, 0.25) is 0 Å². The van der Waals surface area contributed by atoms with Crippen molar-refractivity contribution in [2.75, 3.05) is 11.9 Å². The zero-order valence-corrected chi connectivity index (χ0v) is 12.2. The summed E-state index contributed by atoms with van der Waals surface area (Å²) in [5.41, 5.74) is 0.517. The highest BCUT2D eigenvalue weighted by Gasteiger charge is 2.20. The van der Waals surface area contributed by atoms with Crippen LogP contribution in [-0.2, 0) is 0 Å². The Bertz CT molecular complexity index is 456. The van der Waals surface area contributed by atoms with Gasteiger partial charge in [0, 0.05) is 5.25 Å². The number of nitrogens with one attached hydrogen (secondary N) is 1. The lowest BCUT2D eigenvalue weighted by Gasteiger charge is -2.11. The molecule has 1 atom stereocenters. The van der Waals surface area contributed by atoms with Gasteiger partial charge in [-0.1, -0.05) is 48.3 Å². The van der Waals surface area contributed by atoms with Crippen LogP contribution in [0.3, 0.4) is 0 Å². The summed E-state index contributed by atoms with van der Waals surface area (Å²) >= 11 is 13.6. The Morgan fingerprint density at radius 2 is 2.11 bits per heavy atom. The van der Waals surface area contributed by atoms with Crippen molar-refractivity contribution in [2.24, 2.45) is 4.99 Å². The third kappa shape index (κ3) is 3.31. The molecule has 6 heteroatoms. The Labute approximate surface area is 120 Å². The maximum absolute atomic E-state index is 13.1. The smallest absolute Gasteiger partial charge is 0.161 e. The summed E-state index contributed by atoms with van der Waals surface area (Å²) in [6.07, 6.45) is 2.27. The summed E-state index contributed by atoms with van der Waals surface area (Å²) in [6, 6.07) is 2.47. The second-order valence-corrected chi connectivity index (χ2v) is 6.15. The van der Waals surface area contributed by atoms with E-state index in [1.54, 1.807) is 11.8 Å². The molecule has 2 rings (SSSR count). The highest BCUT2D eigenvalue weighted by atomic mass is 35.5. The van der Waals surface area contributed by atoms with E-state index >= 15 is 0 Å². The van der Waals surface area contributed by atoms with Gasteiger partial charge < -0.3 is 5.32 Å². The standard InChI is InChI=1S/C12H13Cl2FN2S/c1-2-3-8-6-16-12(18-8)17-11-9(13)4-7(15)5-10(11)14/h4-5,8H,2-3,6H2,1H3,(H,16,17). The van der Waals surface area contributed by atoms with Crippen molar-refractivity contribution in [3.05, 3.63) is 28.0 Å². The minimum absolute atomic E-state index is 0.266. The van der Waals surface area contributed by atoms with Crippen molar-refractivity contribution in [1.82, 2.24) is 0 Å². The Hall–Kier alpha value is -0.450. The lowest BCUT2D eigenvalue weighted by molar-refractivity contribution is 0.628. The zero-order chi connectivity index (χ0) is 13.1. The third-order valence-electron chi connectivity index (χ3n) is 2.57. The highest BCUT2D eigenvalue weighted by Crippen LogP contribution is 2.34. The van der Waals surface area contributed by atoms with Gasteiger partial charge in [-0.3, -0.25) is 4.99 Å². The number of thioether (sulfide) groups is 1. The van der Waals surface area contributed by atoms with Crippen LogP contribution in [0.15, 0.2) is 17.1 Å². The van der Waals surface area contributed by atoms with E-state index in [1.807, 2.05) is 0 Å². The molecule has 0 spiro atoms. The van der Waals surface area contributed by atoms with Gasteiger partial charge in [-0.25, -0.2) is 4.39 Å². The molecule has 2 nitrogen and oxygen atoms in total. The fraction of sp³-hybridized carbons (Fsp3) is 0.417. The topological polar surface area (TPSA) is 24.4 Å². The van der Waals surface area contributed by atoms with Crippen LogP contribution in [0.25, 0.3) is 0 Å². The van der Waals surface area contributed by atoms with Crippen molar-refractivity contribution in [2.45, 2.75) is 25.0 Å². The molecule has 1 aliphatic rings. The molecule has 0 radical (unpaired) electrons. The van der Waals surface area contributed by atoms with E-state index in [-0.39, 0.29) is 10.0 Å². The van der Waals surface area contributed by atoms with Crippen LogP contribution in [0, 0.1) is 5.82 Å². The van der Waals surface area contributed by atoms with Gasteiger partial charge in [0.1, 0.15) is 5.82 Å². The summed E-state index contributed by atoms with van der Waals surface area (Å²) < 4.78 is 13.1. The molecule has 0 fully saturated rings. The molecule has 1 aromatic rings. The van der Waals surface area contributed by atoms with Crippen LogP contribution < -0.4 is 5.32 Å². The van der Waals surface area contributed by atoms with E-state index in [2.05, 4.69) is 17.2 Å². The molecule has 0 amide bonds. The van der Waals surface area contributed by atoms with E-state index < -0.39 is 5.82 Å². The first kappa shape index (κ1) is 14.0. The predicted octanol–water partition coefficient (Wildman–Crippen LogP) is 4.82. The molecule has 98 valence electrons. The highest BCUT2D eigenvalue weighted by molar-refractivity contribution is 8.15. The third-order valence-corrected chi connectivity index (χ3v) is 4.33. The number of amidine groups is 1. The molecule has 1 unspecified atom stereocenters. The molecule has 0 saturated heterocycles. The van der Waals surface area contributed by atoms with Gasteiger partial charge in [-0.2, -0.15) is 0 Å². The van der Waals surface area contributed by atoms with Crippen molar-refractivity contribution in [3.8, 4) is 0 Å². The fourth-order valence-electron chi connectivity index (χ4n) is 1.73. The lowest BCUT2D eigenvalue weighted by atomic mass is 10.2. The SMILES string of the molecule is CCCC1CN=C(Nc2c(Cl)cc(F)cc2Cl)S1. The van der Waals surface area contributed by atoms with E-state index in [1.165, 1.54) is 12.1 Å². The summed E-state index contributed by atoms with van der Waals surface area (Å²) in [5, 5.41) is 4.91. The molecule has 1 N–H and O–H groups in total. The van der Waals surface area contributed by atoms with Gasteiger partial charge in [0.05, 0.1) is 22.3 Å². The molecule has 1 aliphatic heterocycles. The second kappa shape index (κ2) is 6.13. The first-order valence-electron chi connectivity index (χ1n) is 5.72. The number of benzene rings is 1. The molecule has 0 aliphatic carbocycles. The number of rotatable bonds is 3. The number of anilines is 1. The molecule has 0 aromatic heterocycles. The average Bonchev–Trinajstić information content (AvgIpc) is 2.72.